The van der Waals surface area contributed by atoms with Crippen LogP contribution in [0.15, 0.2) is 4.99 Å². The molecule has 0 radical (unpaired) electrons. The van der Waals surface area contributed by atoms with E-state index in [1.807, 2.05) is 11.8 Å². The summed E-state index contributed by atoms with van der Waals surface area (Å²) in [6.45, 7) is 12.3. The average Bonchev–Trinajstić information content (AvgIpc) is 3.12. The van der Waals surface area contributed by atoms with Crippen molar-refractivity contribution in [3.8, 4) is 0 Å². The van der Waals surface area contributed by atoms with E-state index in [0.29, 0.717) is 12.1 Å². The minimum atomic E-state index is 0. The lowest BCUT2D eigenvalue weighted by Crippen LogP contribution is -2.63. The van der Waals surface area contributed by atoms with Gasteiger partial charge in [0.2, 0.25) is 5.91 Å². The number of nitrogens with zero attached hydrogens (tertiary/aromatic N) is 2. The maximum absolute atomic E-state index is 12.2. The molecule has 152 valence electrons. The summed E-state index contributed by atoms with van der Waals surface area (Å²) in [7, 11) is 0. The van der Waals surface area contributed by atoms with Crippen molar-refractivity contribution in [3.63, 3.8) is 0 Å². The molecule has 1 heterocycles. The molecule has 1 saturated heterocycles. The first-order chi connectivity index (χ1) is 12.0. The van der Waals surface area contributed by atoms with Gasteiger partial charge in [0.15, 0.2) is 5.96 Å². The van der Waals surface area contributed by atoms with Crippen LogP contribution in [0.1, 0.15) is 59.8 Å². The molecule has 1 aliphatic heterocycles. The standard InChI is InChI=1S/C19H36N4O2.HI/c1-5-7-12-25-16-13-15(19(16,3)4)22-18(20-6-2)21-14-17(24)23-10-8-9-11-23;/h15-16H,5-14H2,1-4H3,(H2,20,21,22);1H. The largest absolute Gasteiger partial charge is 0.378 e. The summed E-state index contributed by atoms with van der Waals surface area (Å²) >= 11 is 0. The number of likely N-dealkylation sites (tertiary alicyclic amines) is 1. The Hall–Kier alpha value is -0.570. The Bertz CT molecular complexity index is 464. The number of guanidine groups is 1. The molecule has 1 saturated carbocycles. The number of rotatable bonds is 8. The second-order valence-electron chi connectivity index (χ2n) is 7.75. The smallest absolute Gasteiger partial charge is 0.244 e. The molecule has 2 rings (SSSR count). The molecule has 2 unspecified atom stereocenters. The molecule has 26 heavy (non-hydrogen) atoms. The van der Waals surface area contributed by atoms with Crippen LogP contribution in [0.5, 0.6) is 0 Å². The third kappa shape index (κ3) is 6.25. The highest BCUT2D eigenvalue weighted by Gasteiger charge is 2.49. The molecule has 2 atom stereocenters. The number of ether oxygens (including phenoxy) is 1. The molecule has 1 aliphatic carbocycles. The van der Waals surface area contributed by atoms with Gasteiger partial charge in [-0.3, -0.25) is 4.79 Å². The third-order valence-corrected chi connectivity index (χ3v) is 5.48. The second-order valence-corrected chi connectivity index (χ2v) is 7.75. The van der Waals surface area contributed by atoms with Crippen LogP contribution in [0.4, 0.5) is 0 Å². The van der Waals surface area contributed by atoms with Gasteiger partial charge in [-0.05, 0) is 32.6 Å². The molecule has 2 N–H and O–H groups in total. The van der Waals surface area contributed by atoms with E-state index < -0.39 is 0 Å². The van der Waals surface area contributed by atoms with Crippen LogP contribution in [0.2, 0.25) is 0 Å². The first-order valence-corrected chi connectivity index (χ1v) is 9.93. The van der Waals surface area contributed by atoms with Gasteiger partial charge in [0.25, 0.3) is 0 Å². The molecule has 6 nitrogen and oxygen atoms in total. The van der Waals surface area contributed by atoms with Crippen molar-refractivity contribution in [2.24, 2.45) is 10.4 Å². The van der Waals surface area contributed by atoms with Crippen molar-refractivity contribution >= 4 is 35.8 Å². The molecule has 1 amide bonds. The molecular formula is C19H37IN4O2. The summed E-state index contributed by atoms with van der Waals surface area (Å²) in [5.74, 6) is 0.864. The molecule has 0 aromatic carbocycles. The SMILES string of the molecule is CCCCOC1CC(NC(=NCC(=O)N2CCCC2)NCC)C1(C)C.I. The normalized spacial score (nSPS) is 24.6. The number of hydrogen-bond donors (Lipinski definition) is 2. The highest BCUT2D eigenvalue weighted by atomic mass is 127. The van der Waals surface area contributed by atoms with Crippen molar-refractivity contribution in [3.05, 3.63) is 0 Å². The van der Waals surface area contributed by atoms with Gasteiger partial charge in [-0.25, -0.2) is 4.99 Å². The van der Waals surface area contributed by atoms with E-state index in [4.69, 9.17) is 4.74 Å². The summed E-state index contributed by atoms with van der Waals surface area (Å²) in [5, 5.41) is 6.76. The van der Waals surface area contributed by atoms with Gasteiger partial charge in [0, 0.05) is 37.7 Å². The molecule has 0 spiro atoms. The number of carbonyl (C=O) groups excluding carboxylic acids is 1. The Labute approximate surface area is 175 Å². The Balaban J connectivity index is 0.00000338. The predicted molar refractivity (Wildman–Crippen MR) is 117 cm³/mol. The van der Waals surface area contributed by atoms with Gasteiger partial charge < -0.3 is 20.3 Å². The van der Waals surface area contributed by atoms with Crippen LogP contribution in [-0.4, -0.2) is 61.7 Å². The minimum Gasteiger partial charge on any atom is -0.378 e. The Morgan fingerprint density at radius 1 is 1.27 bits per heavy atom. The van der Waals surface area contributed by atoms with Gasteiger partial charge in [-0.2, -0.15) is 0 Å². The highest BCUT2D eigenvalue weighted by molar-refractivity contribution is 14.0. The van der Waals surface area contributed by atoms with Gasteiger partial charge in [0.1, 0.15) is 6.54 Å². The number of unbranched alkanes of at least 4 members (excludes halogenated alkanes) is 1. The number of aliphatic imine (C=N–C) groups is 1. The zero-order valence-electron chi connectivity index (χ0n) is 16.8. The van der Waals surface area contributed by atoms with E-state index in [9.17, 15) is 4.79 Å². The lowest BCUT2D eigenvalue weighted by atomic mass is 9.64. The van der Waals surface area contributed by atoms with Crippen molar-refractivity contribution < 1.29 is 9.53 Å². The lowest BCUT2D eigenvalue weighted by Gasteiger charge is -2.52. The average molecular weight is 480 g/mol. The number of halogens is 1. The number of nitrogens with one attached hydrogen (secondary N) is 2. The number of carbonyl (C=O) groups is 1. The quantitative estimate of drug-likeness (QED) is 0.243. The van der Waals surface area contributed by atoms with Crippen LogP contribution in [-0.2, 0) is 9.53 Å². The van der Waals surface area contributed by atoms with Gasteiger partial charge >= 0.3 is 0 Å². The van der Waals surface area contributed by atoms with Crippen LogP contribution in [0.3, 0.4) is 0 Å². The van der Waals surface area contributed by atoms with Crippen molar-refractivity contribution in [2.75, 3.05) is 32.8 Å². The summed E-state index contributed by atoms with van der Waals surface area (Å²) in [5.41, 5.74) is 0.0723. The summed E-state index contributed by atoms with van der Waals surface area (Å²) in [6.07, 6.45) is 5.80. The van der Waals surface area contributed by atoms with Gasteiger partial charge in [-0.15, -0.1) is 24.0 Å². The minimum absolute atomic E-state index is 0. The Morgan fingerprint density at radius 2 is 1.96 bits per heavy atom. The zero-order valence-corrected chi connectivity index (χ0v) is 19.2. The van der Waals surface area contributed by atoms with Crippen LogP contribution >= 0.6 is 24.0 Å². The van der Waals surface area contributed by atoms with Gasteiger partial charge in [0.05, 0.1) is 6.10 Å². The lowest BCUT2D eigenvalue weighted by molar-refractivity contribution is -0.128. The summed E-state index contributed by atoms with van der Waals surface area (Å²) < 4.78 is 6.01. The fraction of sp³-hybridized carbons (Fsp3) is 0.895. The molecule has 2 aliphatic rings. The Morgan fingerprint density at radius 3 is 2.54 bits per heavy atom. The molecular weight excluding hydrogens is 443 g/mol. The van der Waals surface area contributed by atoms with E-state index in [1.165, 1.54) is 0 Å². The predicted octanol–water partition coefficient (Wildman–Crippen LogP) is 2.77. The fourth-order valence-corrected chi connectivity index (χ4v) is 3.48. The van der Waals surface area contributed by atoms with Crippen molar-refractivity contribution in [1.29, 1.82) is 0 Å². The molecule has 0 aromatic heterocycles. The number of amides is 1. The van der Waals surface area contributed by atoms with E-state index in [-0.39, 0.29) is 41.8 Å². The first kappa shape index (κ1) is 23.5. The fourth-order valence-electron chi connectivity index (χ4n) is 3.48. The topological polar surface area (TPSA) is 66.0 Å². The van der Waals surface area contributed by atoms with Gasteiger partial charge in [-0.1, -0.05) is 27.2 Å². The third-order valence-electron chi connectivity index (χ3n) is 5.48. The maximum Gasteiger partial charge on any atom is 0.244 e. The van der Waals surface area contributed by atoms with Crippen LogP contribution in [0.25, 0.3) is 0 Å². The maximum atomic E-state index is 12.2. The van der Waals surface area contributed by atoms with Crippen LogP contribution < -0.4 is 10.6 Å². The zero-order chi connectivity index (χ0) is 18.3. The molecule has 7 heteroatoms. The molecule has 0 bridgehead atoms. The molecule has 0 aromatic rings. The summed E-state index contributed by atoms with van der Waals surface area (Å²) in [6, 6.07) is 0.318. The van der Waals surface area contributed by atoms with E-state index >= 15 is 0 Å². The van der Waals surface area contributed by atoms with E-state index in [0.717, 1.165) is 64.3 Å². The highest BCUT2D eigenvalue weighted by Crippen LogP contribution is 2.42. The summed E-state index contributed by atoms with van der Waals surface area (Å²) in [4.78, 5) is 18.6. The molecule has 2 fully saturated rings. The number of hydrogen-bond acceptors (Lipinski definition) is 3. The van der Waals surface area contributed by atoms with E-state index in [2.05, 4.69) is 36.4 Å². The van der Waals surface area contributed by atoms with Crippen molar-refractivity contribution in [2.45, 2.75) is 71.9 Å². The Kier molecular flexibility index (Phi) is 10.2. The van der Waals surface area contributed by atoms with Crippen molar-refractivity contribution in [1.82, 2.24) is 15.5 Å². The van der Waals surface area contributed by atoms with E-state index in [1.54, 1.807) is 0 Å². The first-order valence-electron chi connectivity index (χ1n) is 9.93. The monoisotopic (exact) mass is 480 g/mol. The van der Waals surface area contributed by atoms with Crippen LogP contribution in [0, 0.1) is 5.41 Å². The second kappa shape index (κ2) is 11.3.